The molecule has 0 amide bonds. The SMILES string of the molecule is [N-]=[N+]=NC1CN(C2Cc3ccccc3C2)C1. The molecule has 0 radical (unpaired) electrons. The molecule has 1 aromatic carbocycles. The third-order valence-electron chi connectivity index (χ3n) is 3.65. The third kappa shape index (κ3) is 1.56. The molecular weight excluding hydrogens is 200 g/mol. The molecule has 2 aliphatic rings. The Morgan fingerprint density at radius 2 is 1.81 bits per heavy atom. The number of hydrogen-bond donors (Lipinski definition) is 0. The Bertz CT molecular complexity index is 419. The Morgan fingerprint density at radius 1 is 1.19 bits per heavy atom. The second kappa shape index (κ2) is 3.81. The molecule has 0 saturated carbocycles. The molecular formula is C12H14N4. The van der Waals surface area contributed by atoms with E-state index in [1.807, 2.05) is 0 Å². The molecule has 0 bridgehead atoms. The third-order valence-corrected chi connectivity index (χ3v) is 3.65. The highest BCUT2D eigenvalue weighted by Crippen LogP contribution is 2.28. The van der Waals surface area contributed by atoms with Crippen molar-refractivity contribution < 1.29 is 0 Å². The number of rotatable bonds is 2. The fraction of sp³-hybridized carbons (Fsp3) is 0.500. The Kier molecular flexibility index (Phi) is 2.31. The number of benzene rings is 1. The quantitative estimate of drug-likeness (QED) is 0.423. The topological polar surface area (TPSA) is 52.0 Å². The van der Waals surface area contributed by atoms with Crippen LogP contribution < -0.4 is 0 Å². The van der Waals surface area contributed by atoms with E-state index in [0.717, 1.165) is 25.9 Å². The van der Waals surface area contributed by atoms with Crippen molar-refractivity contribution in [3.05, 3.63) is 45.8 Å². The molecule has 3 rings (SSSR count). The van der Waals surface area contributed by atoms with Gasteiger partial charge in [-0.05, 0) is 29.5 Å². The maximum Gasteiger partial charge on any atom is 0.0628 e. The van der Waals surface area contributed by atoms with Crippen molar-refractivity contribution in [1.82, 2.24) is 4.90 Å². The summed E-state index contributed by atoms with van der Waals surface area (Å²) >= 11 is 0. The van der Waals surface area contributed by atoms with E-state index in [2.05, 4.69) is 39.2 Å². The number of nitrogens with zero attached hydrogens (tertiary/aromatic N) is 4. The molecule has 0 atom stereocenters. The average molecular weight is 214 g/mol. The zero-order valence-corrected chi connectivity index (χ0v) is 9.08. The second-order valence-corrected chi connectivity index (χ2v) is 4.64. The highest BCUT2D eigenvalue weighted by molar-refractivity contribution is 5.33. The van der Waals surface area contributed by atoms with Gasteiger partial charge in [-0.2, -0.15) is 0 Å². The van der Waals surface area contributed by atoms with E-state index in [-0.39, 0.29) is 6.04 Å². The fourth-order valence-electron chi connectivity index (χ4n) is 2.73. The van der Waals surface area contributed by atoms with Crippen LogP contribution in [0.2, 0.25) is 0 Å². The summed E-state index contributed by atoms with van der Waals surface area (Å²) in [6.45, 7) is 1.87. The van der Waals surface area contributed by atoms with Crippen molar-refractivity contribution in [3.8, 4) is 0 Å². The predicted octanol–water partition coefficient (Wildman–Crippen LogP) is 2.15. The molecule has 16 heavy (non-hydrogen) atoms. The molecule has 1 aromatic rings. The van der Waals surface area contributed by atoms with Crippen molar-refractivity contribution in [3.63, 3.8) is 0 Å². The van der Waals surface area contributed by atoms with Crippen LogP contribution in [0.25, 0.3) is 10.4 Å². The number of fused-ring (bicyclic) bond motifs is 1. The van der Waals surface area contributed by atoms with Crippen LogP contribution in [0.15, 0.2) is 29.4 Å². The van der Waals surface area contributed by atoms with Gasteiger partial charge in [0.2, 0.25) is 0 Å². The maximum absolute atomic E-state index is 8.34. The molecule has 0 spiro atoms. The summed E-state index contributed by atoms with van der Waals surface area (Å²) in [6, 6.07) is 9.50. The average Bonchev–Trinajstić information content (AvgIpc) is 2.65. The number of azide groups is 1. The Labute approximate surface area is 94.5 Å². The van der Waals surface area contributed by atoms with Gasteiger partial charge in [-0.25, -0.2) is 0 Å². The predicted molar refractivity (Wildman–Crippen MR) is 62.1 cm³/mol. The van der Waals surface area contributed by atoms with Crippen molar-refractivity contribution in [2.45, 2.75) is 24.9 Å². The van der Waals surface area contributed by atoms with E-state index in [0.29, 0.717) is 6.04 Å². The molecule has 4 nitrogen and oxygen atoms in total. The van der Waals surface area contributed by atoms with Crippen LogP contribution in [-0.4, -0.2) is 30.1 Å². The highest BCUT2D eigenvalue weighted by Gasteiger charge is 2.34. The lowest BCUT2D eigenvalue weighted by Gasteiger charge is -2.41. The molecule has 1 aliphatic heterocycles. The monoisotopic (exact) mass is 214 g/mol. The lowest BCUT2D eigenvalue weighted by atomic mass is 10.0. The number of hydrogen-bond acceptors (Lipinski definition) is 2. The van der Waals surface area contributed by atoms with Gasteiger partial charge in [0.25, 0.3) is 0 Å². The van der Waals surface area contributed by atoms with Crippen LogP contribution >= 0.6 is 0 Å². The summed E-state index contributed by atoms with van der Waals surface area (Å²) in [4.78, 5) is 5.29. The van der Waals surface area contributed by atoms with Crippen LogP contribution in [0.1, 0.15) is 11.1 Å². The van der Waals surface area contributed by atoms with Gasteiger partial charge in [-0.1, -0.05) is 29.4 Å². The zero-order valence-electron chi connectivity index (χ0n) is 9.08. The molecule has 1 heterocycles. The molecule has 82 valence electrons. The van der Waals surface area contributed by atoms with E-state index in [1.54, 1.807) is 0 Å². The lowest BCUT2D eigenvalue weighted by molar-refractivity contribution is 0.0989. The van der Waals surface area contributed by atoms with E-state index in [4.69, 9.17) is 5.53 Å². The normalized spacial score (nSPS) is 21.2. The summed E-state index contributed by atoms with van der Waals surface area (Å²) < 4.78 is 0. The van der Waals surface area contributed by atoms with Crippen molar-refractivity contribution in [1.29, 1.82) is 0 Å². The maximum atomic E-state index is 8.34. The minimum Gasteiger partial charge on any atom is -0.299 e. The molecule has 0 aromatic heterocycles. The lowest BCUT2D eigenvalue weighted by Crippen LogP contribution is -2.54. The first-order valence-electron chi connectivity index (χ1n) is 5.72. The van der Waals surface area contributed by atoms with Gasteiger partial charge in [0.15, 0.2) is 0 Å². The molecule has 4 heteroatoms. The zero-order chi connectivity index (χ0) is 11.0. The summed E-state index contributed by atoms with van der Waals surface area (Å²) in [5, 5.41) is 3.74. The summed E-state index contributed by atoms with van der Waals surface area (Å²) in [5.41, 5.74) is 11.3. The van der Waals surface area contributed by atoms with Crippen molar-refractivity contribution >= 4 is 0 Å². The van der Waals surface area contributed by atoms with Gasteiger partial charge in [-0.15, -0.1) is 0 Å². The smallest absolute Gasteiger partial charge is 0.0628 e. The minimum atomic E-state index is 0.203. The molecule has 1 saturated heterocycles. The van der Waals surface area contributed by atoms with Crippen LogP contribution in [-0.2, 0) is 12.8 Å². The van der Waals surface area contributed by atoms with E-state index in [9.17, 15) is 0 Å². The first-order valence-corrected chi connectivity index (χ1v) is 5.72. The number of likely N-dealkylation sites (tertiary alicyclic amines) is 1. The standard InChI is InChI=1S/C12H14N4/c13-15-14-11-7-16(8-11)12-5-9-3-1-2-4-10(9)6-12/h1-4,11-12H,5-8H2. The van der Waals surface area contributed by atoms with Gasteiger partial charge < -0.3 is 0 Å². The van der Waals surface area contributed by atoms with Gasteiger partial charge in [0.1, 0.15) is 0 Å². The first-order chi connectivity index (χ1) is 7.86. The van der Waals surface area contributed by atoms with Gasteiger partial charge in [0.05, 0.1) is 6.04 Å². The van der Waals surface area contributed by atoms with Crippen LogP contribution in [0.4, 0.5) is 0 Å². The Hall–Kier alpha value is -1.51. The Balaban J connectivity index is 1.63. The molecule has 1 fully saturated rings. The minimum absolute atomic E-state index is 0.203. The fourth-order valence-corrected chi connectivity index (χ4v) is 2.73. The van der Waals surface area contributed by atoms with Crippen LogP contribution in [0.5, 0.6) is 0 Å². The molecule has 0 N–H and O–H groups in total. The van der Waals surface area contributed by atoms with Gasteiger partial charge in [-0.3, -0.25) is 4.90 Å². The Morgan fingerprint density at radius 3 is 2.38 bits per heavy atom. The molecule has 0 unspecified atom stereocenters. The highest BCUT2D eigenvalue weighted by atomic mass is 15.3. The van der Waals surface area contributed by atoms with Crippen molar-refractivity contribution in [2.75, 3.05) is 13.1 Å². The molecule has 1 aliphatic carbocycles. The largest absolute Gasteiger partial charge is 0.299 e. The van der Waals surface area contributed by atoms with Gasteiger partial charge in [0, 0.05) is 24.0 Å². The van der Waals surface area contributed by atoms with E-state index in [1.165, 1.54) is 11.1 Å². The van der Waals surface area contributed by atoms with E-state index < -0.39 is 0 Å². The van der Waals surface area contributed by atoms with Crippen molar-refractivity contribution in [2.24, 2.45) is 5.11 Å². The second-order valence-electron chi connectivity index (χ2n) is 4.64. The summed E-state index contributed by atoms with van der Waals surface area (Å²) in [6.07, 6.45) is 2.30. The summed E-state index contributed by atoms with van der Waals surface area (Å²) in [5.74, 6) is 0. The van der Waals surface area contributed by atoms with Gasteiger partial charge >= 0.3 is 0 Å². The van der Waals surface area contributed by atoms with E-state index >= 15 is 0 Å². The first kappa shape index (κ1) is 9.70. The summed E-state index contributed by atoms with van der Waals surface area (Å²) in [7, 11) is 0. The van der Waals surface area contributed by atoms with Crippen LogP contribution in [0, 0.1) is 0 Å². The van der Waals surface area contributed by atoms with Crippen LogP contribution in [0.3, 0.4) is 0 Å².